The molecular weight excluding hydrogens is 306 g/mol. The van der Waals surface area contributed by atoms with Gasteiger partial charge in [0.15, 0.2) is 0 Å². The number of rotatable bonds is 6. The minimum Gasteiger partial charge on any atom is -0.375 e. The quantitative estimate of drug-likeness (QED) is 0.648. The summed E-state index contributed by atoms with van der Waals surface area (Å²) < 4.78 is 29.9. The highest BCUT2D eigenvalue weighted by Crippen LogP contribution is 2.15. The molecule has 0 aliphatic heterocycles. The van der Waals surface area contributed by atoms with Gasteiger partial charge in [0.25, 0.3) is 0 Å². The van der Waals surface area contributed by atoms with E-state index in [1.807, 2.05) is 0 Å². The first-order valence-electron chi connectivity index (χ1n) is 6.73. The molecule has 0 radical (unpaired) electrons. The lowest BCUT2D eigenvalue weighted by Gasteiger charge is -2.14. The first kappa shape index (κ1) is 16.2. The van der Waals surface area contributed by atoms with Crippen LogP contribution < -0.4 is 5.14 Å². The van der Waals surface area contributed by atoms with Crippen molar-refractivity contribution in [3.8, 4) is 0 Å². The molecule has 0 aromatic carbocycles. The van der Waals surface area contributed by atoms with Crippen LogP contribution in [0.15, 0.2) is 29.6 Å². The van der Waals surface area contributed by atoms with Crippen LogP contribution >= 0.6 is 0 Å². The van der Waals surface area contributed by atoms with Gasteiger partial charge >= 0.3 is 0 Å². The maximum absolute atomic E-state index is 11.3. The van der Waals surface area contributed by atoms with Crippen LogP contribution in [0.3, 0.4) is 0 Å². The second-order valence-corrected chi connectivity index (χ2v) is 13.4. The summed E-state index contributed by atoms with van der Waals surface area (Å²) >= 11 is 0. The van der Waals surface area contributed by atoms with Gasteiger partial charge in [-0.3, -0.25) is 0 Å². The number of ether oxygens (including phenoxy) is 1. The van der Waals surface area contributed by atoms with Gasteiger partial charge in [-0.1, -0.05) is 19.6 Å². The molecule has 21 heavy (non-hydrogen) atoms. The molecule has 2 heterocycles. The standard InChI is InChI=1S/C13H21N3O3SSi/c1-21(2,3)7-6-19-9-12-13-5-4-11(20(14,17)18)8-16(13)10-15-12/h4-5,8,10H,6-7,9H2,1-3H3,(H2,14,17,18). The highest BCUT2D eigenvalue weighted by Gasteiger charge is 2.13. The first-order valence-corrected chi connectivity index (χ1v) is 12.0. The monoisotopic (exact) mass is 327 g/mol. The molecule has 8 heteroatoms. The van der Waals surface area contributed by atoms with E-state index in [0.29, 0.717) is 6.61 Å². The molecule has 0 aliphatic carbocycles. The van der Waals surface area contributed by atoms with Crippen molar-refractivity contribution in [1.29, 1.82) is 0 Å². The molecule has 0 unspecified atom stereocenters. The summed E-state index contributed by atoms with van der Waals surface area (Å²) in [7, 11) is -4.79. The van der Waals surface area contributed by atoms with Crippen molar-refractivity contribution in [2.24, 2.45) is 5.14 Å². The van der Waals surface area contributed by atoms with Gasteiger partial charge in [0.05, 0.1) is 29.0 Å². The Bertz CT molecular complexity index is 735. The lowest BCUT2D eigenvalue weighted by atomic mass is 10.3. The number of pyridine rings is 1. The van der Waals surface area contributed by atoms with Crippen molar-refractivity contribution in [2.75, 3.05) is 6.61 Å². The molecule has 2 aromatic rings. The summed E-state index contributed by atoms with van der Waals surface area (Å²) in [6, 6.07) is 4.29. The highest BCUT2D eigenvalue weighted by molar-refractivity contribution is 7.89. The maximum Gasteiger partial charge on any atom is 0.239 e. The Balaban J connectivity index is 2.09. The normalized spacial score (nSPS) is 13.0. The number of imidazole rings is 1. The fraction of sp³-hybridized carbons (Fsp3) is 0.462. The van der Waals surface area contributed by atoms with Gasteiger partial charge in [0.2, 0.25) is 10.0 Å². The Morgan fingerprint density at radius 1 is 1.33 bits per heavy atom. The largest absolute Gasteiger partial charge is 0.375 e. The van der Waals surface area contributed by atoms with Gasteiger partial charge < -0.3 is 9.14 Å². The van der Waals surface area contributed by atoms with Crippen LogP contribution in [0.5, 0.6) is 0 Å². The zero-order chi connectivity index (χ0) is 15.7. The Kier molecular flexibility index (Phi) is 4.52. The van der Waals surface area contributed by atoms with Crippen molar-refractivity contribution in [3.05, 3.63) is 30.4 Å². The summed E-state index contributed by atoms with van der Waals surface area (Å²) in [4.78, 5) is 4.33. The van der Waals surface area contributed by atoms with E-state index in [1.54, 1.807) is 16.8 Å². The Hall–Kier alpha value is -1.22. The van der Waals surface area contributed by atoms with E-state index in [9.17, 15) is 8.42 Å². The van der Waals surface area contributed by atoms with E-state index in [1.165, 1.54) is 12.3 Å². The van der Waals surface area contributed by atoms with E-state index in [4.69, 9.17) is 9.88 Å². The zero-order valence-corrected chi connectivity index (χ0v) is 14.4. The molecule has 0 amide bonds. The fourth-order valence-electron chi connectivity index (χ4n) is 1.86. The molecule has 2 N–H and O–H groups in total. The van der Waals surface area contributed by atoms with Crippen LogP contribution in [0.1, 0.15) is 5.69 Å². The number of nitrogens with zero attached hydrogens (tertiary/aromatic N) is 2. The lowest BCUT2D eigenvalue weighted by molar-refractivity contribution is 0.131. The molecule has 0 aliphatic rings. The predicted molar refractivity (Wildman–Crippen MR) is 84.4 cm³/mol. The number of hydrogen-bond acceptors (Lipinski definition) is 4. The van der Waals surface area contributed by atoms with E-state index in [2.05, 4.69) is 24.6 Å². The highest BCUT2D eigenvalue weighted by atomic mass is 32.2. The van der Waals surface area contributed by atoms with E-state index < -0.39 is 18.1 Å². The number of fused-ring (bicyclic) bond motifs is 1. The topological polar surface area (TPSA) is 86.7 Å². The second-order valence-electron chi connectivity index (χ2n) is 6.26. The van der Waals surface area contributed by atoms with Crippen molar-refractivity contribution in [2.45, 2.75) is 37.2 Å². The second kappa shape index (κ2) is 5.88. The van der Waals surface area contributed by atoms with Crippen molar-refractivity contribution in [3.63, 3.8) is 0 Å². The minimum absolute atomic E-state index is 0.0681. The summed E-state index contributed by atoms with van der Waals surface area (Å²) in [5, 5.41) is 5.11. The van der Waals surface area contributed by atoms with Crippen LogP contribution in [0.25, 0.3) is 5.52 Å². The third-order valence-corrected chi connectivity index (χ3v) is 5.75. The number of primary sulfonamides is 1. The van der Waals surface area contributed by atoms with Gasteiger partial charge in [-0.2, -0.15) is 0 Å². The SMILES string of the molecule is C[Si](C)(C)CCOCc1ncn2cc(S(N)(=O)=O)ccc12. The smallest absolute Gasteiger partial charge is 0.239 e. The summed E-state index contributed by atoms with van der Waals surface area (Å²) in [5.41, 5.74) is 1.63. The number of sulfonamides is 1. The molecule has 2 rings (SSSR count). The van der Waals surface area contributed by atoms with E-state index in [-0.39, 0.29) is 4.90 Å². The molecule has 0 bridgehead atoms. The third kappa shape index (κ3) is 4.37. The molecule has 0 spiro atoms. The van der Waals surface area contributed by atoms with Gasteiger partial charge in [-0.25, -0.2) is 18.5 Å². The van der Waals surface area contributed by atoms with Crippen molar-refractivity contribution >= 4 is 23.6 Å². The summed E-state index contributed by atoms with van der Waals surface area (Å²) in [6.45, 7) is 8.06. The van der Waals surface area contributed by atoms with Gasteiger partial charge in [0.1, 0.15) is 0 Å². The van der Waals surface area contributed by atoms with Crippen LogP contribution in [0, 0.1) is 0 Å². The predicted octanol–water partition coefficient (Wildman–Crippen LogP) is 1.84. The lowest BCUT2D eigenvalue weighted by Crippen LogP contribution is -2.21. The van der Waals surface area contributed by atoms with Gasteiger partial charge in [-0.15, -0.1) is 0 Å². The minimum atomic E-state index is -3.70. The zero-order valence-electron chi connectivity index (χ0n) is 12.5. The molecular formula is C13H21N3O3SSi. The van der Waals surface area contributed by atoms with Crippen LogP contribution in [-0.4, -0.2) is 32.5 Å². The first-order chi connectivity index (χ1) is 9.67. The van der Waals surface area contributed by atoms with E-state index in [0.717, 1.165) is 23.9 Å². The van der Waals surface area contributed by atoms with Crippen LogP contribution in [0.4, 0.5) is 0 Å². The van der Waals surface area contributed by atoms with Gasteiger partial charge in [0, 0.05) is 20.9 Å². The van der Waals surface area contributed by atoms with Crippen LogP contribution in [-0.2, 0) is 21.4 Å². The summed E-state index contributed by atoms with van der Waals surface area (Å²) in [6.07, 6.45) is 3.03. The van der Waals surface area contributed by atoms with E-state index >= 15 is 0 Å². The number of aromatic nitrogens is 2. The molecule has 6 nitrogen and oxygen atoms in total. The van der Waals surface area contributed by atoms with Crippen molar-refractivity contribution < 1.29 is 13.2 Å². The Morgan fingerprint density at radius 2 is 2.05 bits per heavy atom. The average molecular weight is 327 g/mol. The Morgan fingerprint density at radius 3 is 2.67 bits per heavy atom. The fourth-order valence-corrected chi connectivity index (χ4v) is 3.14. The Labute approximate surface area is 126 Å². The van der Waals surface area contributed by atoms with Crippen LogP contribution in [0.2, 0.25) is 25.7 Å². The maximum atomic E-state index is 11.3. The summed E-state index contributed by atoms with van der Waals surface area (Å²) in [5.74, 6) is 0. The molecule has 0 fully saturated rings. The third-order valence-electron chi connectivity index (χ3n) is 3.15. The average Bonchev–Trinajstić information content (AvgIpc) is 2.75. The number of hydrogen-bond donors (Lipinski definition) is 1. The molecule has 0 saturated heterocycles. The molecule has 0 saturated carbocycles. The molecule has 116 valence electrons. The van der Waals surface area contributed by atoms with Crippen molar-refractivity contribution in [1.82, 2.24) is 9.38 Å². The number of nitrogens with two attached hydrogens (primary N) is 1. The molecule has 2 aromatic heterocycles. The molecule has 0 atom stereocenters. The van der Waals surface area contributed by atoms with Gasteiger partial charge in [-0.05, 0) is 18.2 Å².